The number of carboxylic acids is 1. The number of anilines is 1. The number of nitrogens with zero attached hydrogens (tertiary/aromatic N) is 3. The summed E-state index contributed by atoms with van der Waals surface area (Å²) >= 11 is 1.42. The number of thiophene rings is 1. The van der Waals surface area contributed by atoms with Crippen LogP contribution in [0.25, 0.3) is 20.7 Å². The van der Waals surface area contributed by atoms with Crippen LogP contribution in [0.1, 0.15) is 0 Å². The molecule has 0 radical (unpaired) electrons. The fourth-order valence-electron chi connectivity index (χ4n) is 3.40. The highest BCUT2D eigenvalue weighted by Gasteiger charge is 2.53. The third kappa shape index (κ3) is 3.23. The SMILES string of the molecule is O=C(O)[C@@H]1CN(c2ncnc3sc(-c4ccccc4)cc23)C[C@H]1C(F)(F)F. The molecule has 1 saturated heterocycles. The van der Waals surface area contributed by atoms with Gasteiger partial charge in [0, 0.05) is 18.0 Å². The first kappa shape index (κ1) is 17.7. The number of fused-ring (bicyclic) bond motifs is 1. The summed E-state index contributed by atoms with van der Waals surface area (Å²) < 4.78 is 39.8. The van der Waals surface area contributed by atoms with Crippen molar-refractivity contribution in [1.29, 1.82) is 0 Å². The molecule has 0 saturated carbocycles. The summed E-state index contributed by atoms with van der Waals surface area (Å²) in [6, 6.07) is 11.4. The lowest BCUT2D eigenvalue weighted by Gasteiger charge is -2.19. The first-order valence-electron chi connectivity index (χ1n) is 8.19. The molecule has 27 heavy (non-hydrogen) atoms. The molecule has 1 aliphatic rings. The van der Waals surface area contributed by atoms with E-state index < -0.39 is 30.5 Å². The molecule has 3 aromatic rings. The highest BCUT2D eigenvalue weighted by atomic mass is 32.1. The van der Waals surface area contributed by atoms with Crippen LogP contribution in [-0.2, 0) is 4.79 Å². The highest BCUT2D eigenvalue weighted by molar-refractivity contribution is 7.21. The average molecular weight is 393 g/mol. The molecule has 1 N–H and O–H groups in total. The Morgan fingerprint density at radius 3 is 2.56 bits per heavy atom. The lowest BCUT2D eigenvalue weighted by molar-refractivity contribution is -0.187. The van der Waals surface area contributed by atoms with E-state index in [9.17, 15) is 23.1 Å². The van der Waals surface area contributed by atoms with E-state index in [1.807, 2.05) is 36.4 Å². The first-order valence-corrected chi connectivity index (χ1v) is 9.00. The maximum absolute atomic E-state index is 13.3. The van der Waals surface area contributed by atoms with Gasteiger partial charge < -0.3 is 10.0 Å². The Morgan fingerprint density at radius 1 is 1.19 bits per heavy atom. The molecular formula is C18H14F3N3O2S. The average Bonchev–Trinajstić information content (AvgIpc) is 3.26. The Hall–Kier alpha value is -2.68. The van der Waals surface area contributed by atoms with E-state index >= 15 is 0 Å². The third-order valence-corrected chi connectivity index (χ3v) is 5.82. The minimum atomic E-state index is -4.58. The standard InChI is InChI=1S/C18H14F3N3O2S/c19-18(20,21)13-8-24(7-12(13)17(25)26)15-11-6-14(10-4-2-1-3-5-10)27-16(11)23-9-22-15/h1-6,9,12-13H,7-8H2,(H,25,26)/t12-,13-/m1/s1. The van der Waals surface area contributed by atoms with Crippen molar-refractivity contribution in [3.05, 3.63) is 42.7 Å². The number of aromatic nitrogens is 2. The van der Waals surface area contributed by atoms with Crippen molar-refractivity contribution in [3.63, 3.8) is 0 Å². The van der Waals surface area contributed by atoms with E-state index in [2.05, 4.69) is 9.97 Å². The lowest BCUT2D eigenvalue weighted by Crippen LogP contribution is -2.33. The van der Waals surface area contributed by atoms with Gasteiger partial charge in [0.2, 0.25) is 0 Å². The molecule has 0 aliphatic carbocycles. The second kappa shape index (κ2) is 6.49. The number of carboxylic acid groups (broad SMARTS) is 1. The van der Waals surface area contributed by atoms with Crippen LogP contribution in [0.15, 0.2) is 42.7 Å². The second-order valence-corrected chi connectivity index (χ2v) is 7.42. The molecule has 140 valence electrons. The minimum absolute atomic E-state index is 0.234. The van der Waals surface area contributed by atoms with Crippen LogP contribution in [0.5, 0.6) is 0 Å². The number of hydrogen-bond acceptors (Lipinski definition) is 5. The van der Waals surface area contributed by atoms with Crippen molar-refractivity contribution >= 4 is 33.3 Å². The molecule has 1 fully saturated rings. The van der Waals surface area contributed by atoms with E-state index in [4.69, 9.17) is 0 Å². The number of alkyl halides is 3. The molecule has 9 heteroatoms. The van der Waals surface area contributed by atoms with E-state index in [1.165, 1.54) is 22.6 Å². The van der Waals surface area contributed by atoms with Gasteiger partial charge in [0.05, 0.1) is 17.2 Å². The van der Waals surface area contributed by atoms with Crippen LogP contribution in [-0.4, -0.2) is 40.3 Å². The van der Waals surface area contributed by atoms with E-state index in [-0.39, 0.29) is 6.54 Å². The summed E-state index contributed by atoms with van der Waals surface area (Å²) in [5.74, 6) is -4.54. The molecule has 0 unspecified atom stereocenters. The summed E-state index contributed by atoms with van der Waals surface area (Å²) in [7, 11) is 0. The van der Waals surface area contributed by atoms with Gasteiger partial charge in [-0.15, -0.1) is 11.3 Å². The Morgan fingerprint density at radius 2 is 1.93 bits per heavy atom. The van der Waals surface area contributed by atoms with E-state index in [1.54, 1.807) is 0 Å². The molecule has 5 nitrogen and oxygen atoms in total. The van der Waals surface area contributed by atoms with Crippen LogP contribution in [0.3, 0.4) is 0 Å². The smallest absolute Gasteiger partial charge is 0.394 e. The van der Waals surface area contributed by atoms with Crippen molar-refractivity contribution in [1.82, 2.24) is 9.97 Å². The van der Waals surface area contributed by atoms with Crippen molar-refractivity contribution in [2.45, 2.75) is 6.18 Å². The first-order chi connectivity index (χ1) is 12.8. The number of hydrogen-bond donors (Lipinski definition) is 1. The molecule has 0 bridgehead atoms. The molecule has 2 atom stereocenters. The molecule has 1 aromatic carbocycles. The van der Waals surface area contributed by atoms with Gasteiger partial charge in [0.15, 0.2) is 0 Å². The van der Waals surface area contributed by atoms with Gasteiger partial charge in [0.25, 0.3) is 0 Å². The second-order valence-electron chi connectivity index (χ2n) is 6.39. The number of halogens is 3. The summed E-state index contributed by atoms with van der Waals surface area (Å²) in [6.07, 6.45) is -3.27. The van der Waals surface area contributed by atoms with Crippen molar-refractivity contribution < 1.29 is 23.1 Å². The van der Waals surface area contributed by atoms with Crippen LogP contribution < -0.4 is 4.90 Å². The molecule has 4 rings (SSSR count). The van der Waals surface area contributed by atoms with E-state index in [0.29, 0.717) is 16.0 Å². The van der Waals surface area contributed by atoms with Gasteiger partial charge in [-0.25, -0.2) is 9.97 Å². The summed E-state index contributed by atoms with van der Waals surface area (Å²) in [4.78, 5) is 22.7. The highest BCUT2D eigenvalue weighted by Crippen LogP contribution is 2.42. The third-order valence-electron chi connectivity index (χ3n) is 4.72. The maximum atomic E-state index is 13.3. The quantitative estimate of drug-likeness (QED) is 0.727. The Kier molecular flexibility index (Phi) is 4.26. The zero-order chi connectivity index (χ0) is 19.2. The van der Waals surface area contributed by atoms with Crippen LogP contribution >= 0.6 is 11.3 Å². The van der Waals surface area contributed by atoms with Gasteiger partial charge in [-0.05, 0) is 11.6 Å². The Bertz CT molecular complexity index is 990. The molecular weight excluding hydrogens is 379 g/mol. The predicted octanol–water partition coefficient (Wildman–Crippen LogP) is 4.06. The predicted molar refractivity (Wildman–Crippen MR) is 95.7 cm³/mol. The van der Waals surface area contributed by atoms with Crippen molar-refractivity contribution in [3.8, 4) is 10.4 Å². The number of benzene rings is 1. The lowest BCUT2D eigenvalue weighted by atomic mass is 9.96. The molecule has 0 spiro atoms. The summed E-state index contributed by atoms with van der Waals surface area (Å²) in [6.45, 7) is -0.661. The fraction of sp³-hybridized carbons (Fsp3) is 0.278. The number of rotatable bonds is 3. The van der Waals surface area contributed by atoms with Gasteiger partial charge in [-0.1, -0.05) is 30.3 Å². The van der Waals surface area contributed by atoms with Crippen LogP contribution in [0.2, 0.25) is 0 Å². The molecule has 2 aromatic heterocycles. The Balaban J connectivity index is 1.74. The van der Waals surface area contributed by atoms with Crippen molar-refractivity contribution in [2.24, 2.45) is 11.8 Å². The zero-order valence-electron chi connectivity index (χ0n) is 13.8. The molecule has 1 aliphatic heterocycles. The fourth-order valence-corrected chi connectivity index (χ4v) is 4.40. The maximum Gasteiger partial charge on any atom is 0.394 e. The summed E-state index contributed by atoms with van der Waals surface area (Å²) in [5.41, 5.74) is 0.976. The minimum Gasteiger partial charge on any atom is -0.481 e. The Labute approximate surface area is 156 Å². The van der Waals surface area contributed by atoms with Crippen molar-refractivity contribution in [2.75, 3.05) is 18.0 Å². The zero-order valence-corrected chi connectivity index (χ0v) is 14.7. The van der Waals surface area contributed by atoms with Gasteiger partial charge in [-0.2, -0.15) is 13.2 Å². The number of aliphatic carboxylic acids is 1. The van der Waals surface area contributed by atoms with Gasteiger partial charge in [-0.3, -0.25) is 4.79 Å². The van der Waals surface area contributed by atoms with E-state index in [0.717, 1.165) is 10.4 Å². The summed E-state index contributed by atoms with van der Waals surface area (Å²) in [5, 5.41) is 9.85. The van der Waals surface area contributed by atoms with Gasteiger partial charge >= 0.3 is 12.1 Å². The monoisotopic (exact) mass is 393 g/mol. The molecule has 3 heterocycles. The van der Waals surface area contributed by atoms with Crippen LogP contribution in [0.4, 0.5) is 19.0 Å². The van der Waals surface area contributed by atoms with Gasteiger partial charge in [0.1, 0.15) is 17.0 Å². The topological polar surface area (TPSA) is 66.3 Å². The normalized spacial score (nSPS) is 20.3. The largest absolute Gasteiger partial charge is 0.481 e. The van der Waals surface area contributed by atoms with Crippen LogP contribution in [0, 0.1) is 11.8 Å². The molecule has 0 amide bonds. The number of carbonyl (C=O) groups is 1.